The molecule has 2 N–H and O–H groups in total. The summed E-state index contributed by atoms with van der Waals surface area (Å²) in [6, 6.07) is 20.1. The Hall–Kier alpha value is -2.92. The maximum Gasteiger partial charge on any atom is 0.273 e. The molecule has 0 saturated carbocycles. The zero-order valence-corrected chi connectivity index (χ0v) is 15.1. The largest absolute Gasteiger partial charge is 0.446 e. The lowest BCUT2D eigenvalue weighted by Gasteiger charge is -2.19. The van der Waals surface area contributed by atoms with Crippen LogP contribution in [0, 0.1) is 0 Å². The summed E-state index contributed by atoms with van der Waals surface area (Å²) in [7, 11) is 0. The molecule has 1 saturated heterocycles. The van der Waals surface area contributed by atoms with E-state index in [9.17, 15) is 4.79 Å². The normalized spacial score (nSPS) is 17.6. The number of benzene rings is 2. The Morgan fingerprint density at radius 1 is 1.15 bits per heavy atom. The molecule has 0 bridgehead atoms. The third-order valence-electron chi connectivity index (χ3n) is 4.90. The van der Waals surface area contributed by atoms with Crippen LogP contribution in [0.25, 0.3) is 0 Å². The maximum absolute atomic E-state index is 12.8. The molecule has 1 amide bonds. The predicted molar refractivity (Wildman–Crippen MR) is 103 cm³/mol. The zero-order valence-electron chi connectivity index (χ0n) is 15.1. The number of hydrogen-bond acceptors (Lipinski definition) is 4. The third-order valence-corrected chi connectivity index (χ3v) is 4.90. The van der Waals surface area contributed by atoms with E-state index in [1.807, 2.05) is 48.5 Å². The van der Waals surface area contributed by atoms with Gasteiger partial charge in [-0.15, -0.1) is 0 Å². The average molecular weight is 361 g/mol. The second kappa shape index (κ2) is 8.18. The summed E-state index contributed by atoms with van der Waals surface area (Å²) >= 11 is 0. The van der Waals surface area contributed by atoms with E-state index in [1.54, 1.807) is 0 Å². The number of amides is 1. The van der Waals surface area contributed by atoms with Crippen molar-refractivity contribution in [1.29, 1.82) is 0 Å². The Labute approximate surface area is 158 Å². The molecule has 2 heterocycles. The van der Waals surface area contributed by atoms with Crippen LogP contribution in [0.5, 0.6) is 0 Å². The molecule has 2 aromatic carbocycles. The number of rotatable bonds is 6. The molecule has 5 heteroatoms. The van der Waals surface area contributed by atoms with Gasteiger partial charge in [-0.05, 0) is 36.9 Å². The fraction of sp³-hybridized carbons (Fsp3) is 0.273. The number of oxazole rings is 1. The number of carbonyl (C=O) groups is 1. The molecule has 138 valence electrons. The van der Waals surface area contributed by atoms with Gasteiger partial charge in [-0.3, -0.25) is 4.79 Å². The molecule has 2 unspecified atom stereocenters. The summed E-state index contributed by atoms with van der Waals surface area (Å²) in [5, 5.41) is 6.46. The first kappa shape index (κ1) is 17.5. The van der Waals surface area contributed by atoms with Crippen molar-refractivity contribution in [1.82, 2.24) is 15.6 Å². The number of nitrogens with zero attached hydrogens (tertiary/aromatic N) is 1. The van der Waals surface area contributed by atoms with E-state index in [0.717, 1.165) is 24.9 Å². The lowest BCUT2D eigenvalue weighted by Crippen LogP contribution is -2.30. The molecule has 4 rings (SSSR count). The van der Waals surface area contributed by atoms with Gasteiger partial charge in [0.15, 0.2) is 5.69 Å². The Morgan fingerprint density at radius 2 is 1.89 bits per heavy atom. The topological polar surface area (TPSA) is 67.2 Å². The van der Waals surface area contributed by atoms with Crippen molar-refractivity contribution in [2.75, 3.05) is 6.54 Å². The summed E-state index contributed by atoms with van der Waals surface area (Å²) in [5.74, 6) is 0.379. The van der Waals surface area contributed by atoms with Crippen LogP contribution in [0.2, 0.25) is 0 Å². The molecule has 27 heavy (non-hydrogen) atoms. The summed E-state index contributed by atoms with van der Waals surface area (Å²) in [6.45, 7) is 0.960. The molecule has 3 aromatic rings. The molecule has 1 aromatic heterocycles. The van der Waals surface area contributed by atoms with Crippen LogP contribution in [0.1, 0.15) is 52.4 Å². The van der Waals surface area contributed by atoms with E-state index < -0.39 is 0 Å². The quantitative estimate of drug-likeness (QED) is 0.701. The second-order valence-corrected chi connectivity index (χ2v) is 6.85. The van der Waals surface area contributed by atoms with Crippen LogP contribution in [0.15, 0.2) is 71.3 Å². The third kappa shape index (κ3) is 4.26. The zero-order chi connectivity index (χ0) is 18.5. The summed E-state index contributed by atoms with van der Waals surface area (Å²) in [5.41, 5.74) is 2.56. The predicted octanol–water partition coefficient (Wildman–Crippen LogP) is 3.81. The van der Waals surface area contributed by atoms with Crippen molar-refractivity contribution < 1.29 is 9.21 Å². The fourth-order valence-electron chi connectivity index (χ4n) is 3.47. The molecule has 2 atom stereocenters. The van der Waals surface area contributed by atoms with Crippen LogP contribution >= 0.6 is 0 Å². The fourth-order valence-corrected chi connectivity index (χ4v) is 3.47. The van der Waals surface area contributed by atoms with Crippen LogP contribution in [0.4, 0.5) is 0 Å². The number of hydrogen-bond donors (Lipinski definition) is 2. The molecular formula is C22H23N3O2. The van der Waals surface area contributed by atoms with Crippen molar-refractivity contribution in [3.05, 3.63) is 89.6 Å². The van der Waals surface area contributed by atoms with Gasteiger partial charge in [0.1, 0.15) is 6.26 Å². The molecule has 0 aliphatic carbocycles. The summed E-state index contributed by atoms with van der Waals surface area (Å²) in [4.78, 5) is 17.2. The Bertz CT molecular complexity index is 871. The summed E-state index contributed by atoms with van der Waals surface area (Å²) < 4.78 is 5.54. The van der Waals surface area contributed by atoms with Gasteiger partial charge < -0.3 is 15.1 Å². The number of nitrogens with one attached hydrogen (secondary N) is 2. The molecule has 0 radical (unpaired) electrons. The highest BCUT2D eigenvalue weighted by Gasteiger charge is 2.24. The minimum absolute atomic E-state index is 0.112. The van der Waals surface area contributed by atoms with Gasteiger partial charge in [0.25, 0.3) is 5.91 Å². The highest BCUT2D eigenvalue weighted by Crippen LogP contribution is 2.23. The van der Waals surface area contributed by atoms with Crippen LogP contribution in [0.3, 0.4) is 0 Å². The Morgan fingerprint density at radius 3 is 2.59 bits per heavy atom. The highest BCUT2D eigenvalue weighted by molar-refractivity contribution is 5.92. The van der Waals surface area contributed by atoms with Crippen molar-refractivity contribution in [2.45, 2.75) is 31.3 Å². The highest BCUT2D eigenvalue weighted by atomic mass is 16.3. The van der Waals surface area contributed by atoms with E-state index >= 15 is 0 Å². The minimum Gasteiger partial charge on any atom is -0.446 e. The van der Waals surface area contributed by atoms with Gasteiger partial charge in [0.2, 0.25) is 5.89 Å². The average Bonchev–Trinajstić information content (AvgIpc) is 3.41. The van der Waals surface area contributed by atoms with Gasteiger partial charge in [0.05, 0.1) is 12.1 Å². The molecule has 1 aliphatic rings. The van der Waals surface area contributed by atoms with E-state index in [4.69, 9.17) is 4.42 Å². The lowest BCUT2D eigenvalue weighted by atomic mass is 9.99. The van der Waals surface area contributed by atoms with Gasteiger partial charge in [-0.2, -0.15) is 0 Å². The van der Waals surface area contributed by atoms with E-state index in [1.165, 1.54) is 11.8 Å². The Balaban J connectivity index is 1.51. The van der Waals surface area contributed by atoms with Crippen molar-refractivity contribution >= 4 is 5.91 Å². The molecule has 0 spiro atoms. The molecule has 1 fully saturated rings. The van der Waals surface area contributed by atoms with Gasteiger partial charge in [-0.1, -0.05) is 60.7 Å². The molecular weight excluding hydrogens is 338 g/mol. The van der Waals surface area contributed by atoms with Crippen molar-refractivity contribution in [2.24, 2.45) is 0 Å². The maximum atomic E-state index is 12.8. The molecule has 5 nitrogen and oxygen atoms in total. The SMILES string of the molecule is O=C(NC(Cc1ccccc1)c1ccccc1)c1coc(C2CCCN2)n1. The monoisotopic (exact) mass is 361 g/mol. The first-order chi connectivity index (χ1) is 13.3. The van der Waals surface area contributed by atoms with Crippen molar-refractivity contribution in [3.63, 3.8) is 0 Å². The second-order valence-electron chi connectivity index (χ2n) is 6.85. The first-order valence-electron chi connectivity index (χ1n) is 9.38. The smallest absolute Gasteiger partial charge is 0.273 e. The number of aromatic nitrogens is 1. The van der Waals surface area contributed by atoms with Gasteiger partial charge in [-0.25, -0.2) is 4.98 Å². The van der Waals surface area contributed by atoms with E-state index in [-0.39, 0.29) is 18.0 Å². The van der Waals surface area contributed by atoms with Gasteiger partial charge >= 0.3 is 0 Å². The lowest BCUT2D eigenvalue weighted by molar-refractivity contribution is 0.0931. The van der Waals surface area contributed by atoms with Crippen LogP contribution in [-0.4, -0.2) is 17.4 Å². The van der Waals surface area contributed by atoms with Crippen LogP contribution in [-0.2, 0) is 6.42 Å². The van der Waals surface area contributed by atoms with E-state index in [0.29, 0.717) is 18.0 Å². The summed E-state index contributed by atoms with van der Waals surface area (Å²) in [6.07, 6.45) is 4.25. The van der Waals surface area contributed by atoms with Crippen molar-refractivity contribution in [3.8, 4) is 0 Å². The Kier molecular flexibility index (Phi) is 5.30. The van der Waals surface area contributed by atoms with Crippen LogP contribution < -0.4 is 10.6 Å². The first-order valence-corrected chi connectivity index (χ1v) is 9.38. The molecule has 1 aliphatic heterocycles. The van der Waals surface area contributed by atoms with E-state index in [2.05, 4.69) is 27.8 Å². The van der Waals surface area contributed by atoms with Gasteiger partial charge in [0, 0.05) is 0 Å². The standard InChI is InChI=1S/C22H23N3O2/c26-21(20-15-27-22(25-20)18-12-7-13-23-18)24-19(17-10-5-2-6-11-17)14-16-8-3-1-4-9-16/h1-6,8-11,15,18-19,23H,7,12-14H2,(H,24,26). The minimum atomic E-state index is -0.215. The number of carbonyl (C=O) groups excluding carboxylic acids is 1.